The van der Waals surface area contributed by atoms with E-state index < -0.39 is 23.8 Å². The van der Waals surface area contributed by atoms with E-state index in [1.807, 2.05) is 6.07 Å². The molecular formula is C21H16F3N3O2S. The Bertz CT molecular complexity index is 1120. The van der Waals surface area contributed by atoms with Crippen molar-refractivity contribution in [2.45, 2.75) is 26.1 Å². The molecular weight excluding hydrogens is 415 g/mol. The molecule has 0 spiro atoms. The van der Waals surface area contributed by atoms with E-state index in [9.17, 15) is 23.1 Å². The molecule has 1 unspecified atom stereocenters. The third kappa shape index (κ3) is 3.86. The number of nitriles is 1. The van der Waals surface area contributed by atoms with Crippen LogP contribution in [0.2, 0.25) is 0 Å². The molecule has 1 atom stereocenters. The normalized spacial score (nSPS) is 16.9. The molecule has 1 aliphatic heterocycles. The first kappa shape index (κ1) is 21.3. The van der Waals surface area contributed by atoms with Gasteiger partial charge in [-0.3, -0.25) is 4.90 Å². The van der Waals surface area contributed by atoms with Gasteiger partial charge in [0.1, 0.15) is 0 Å². The molecule has 1 aliphatic rings. The average Bonchev–Trinajstić information content (AvgIpc) is 2.66. The van der Waals surface area contributed by atoms with E-state index >= 15 is 0 Å². The Morgan fingerprint density at radius 1 is 1.23 bits per heavy atom. The number of rotatable bonds is 3. The van der Waals surface area contributed by atoms with Gasteiger partial charge in [0.15, 0.2) is 5.11 Å². The number of aliphatic carboxylic acids is 1. The van der Waals surface area contributed by atoms with Crippen molar-refractivity contribution in [1.29, 1.82) is 5.26 Å². The maximum absolute atomic E-state index is 13.1. The van der Waals surface area contributed by atoms with Gasteiger partial charge in [0.05, 0.1) is 28.8 Å². The molecule has 0 aliphatic carbocycles. The highest BCUT2D eigenvalue weighted by molar-refractivity contribution is 7.80. The third-order valence-electron chi connectivity index (χ3n) is 4.86. The van der Waals surface area contributed by atoms with Gasteiger partial charge in [-0.1, -0.05) is 12.1 Å². The van der Waals surface area contributed by atoms with Crippen LogP contribution in [0.4, 0.5) is 18.9 Å². The van der Waals surface area contributed by atoms with Crippen LogP contribution in [0.1, 0.15) is 35.2 Å². The van der Waals surface area contributed by atoms with Crippen LogP contribution in [0.5, 0.6) is 0 Å². The van der Waals surface area contributed by atoms with Gasteiger partial charge >= 0.3 is 12.1 Å². The Labute approximate surface area is 176 Å². The molecule has 1 heterocycles. The lowest BCUT2D eigenvalue weighted by atomic mass is 9.91. The van der Waals surface area contributed by atoms with Gasteiger partial charge in [-0.25, -0.2) is 4.79 Å². The highest BCUT2D eigenvalue weighted by Crippen LogP contribution is 2.37. The minimum absolute atomic E-state index is 0.0474. The van der Waals surface area contributed by atoms with E-state index in [-0.39, 0.29) is 22.1 Å². The van der Waals surface area contributed by atoms with E-state index in [0.29, 0.717) is 16.7 Å². The zero-order valence-electron chi connectivity index (χ0n) is 15.9. The zero-order chi connectivity index (χ0) is 22.2. The number of nitrogens with one attached hydrogen (secondary N) is 1. The fourth-order valence-electron chi connectivity index (χ4n) is 3.45. The van der Waals surface area contributed by atoms with Crippen LogP contribution in [0.25, 0.3) is 0 Å². The van der Waals surface area contributed by atoms with Crippen molar-refractivity contribution in [3.8, 4) is 6.07 Å². The van der Waals surface area contributed by atoms with Gasteiger partial charge < -0.3 is 10.4 Å². The lowest BCUT2D eigenvalue weighted by molar-refractivity contribution is -0.137. The standard InChI is InChI=1S/C21H16F3N3O2S/c1-11-8-13(10-25)6-7-16(11)18-17(19(28)29)12(2)27(20(30)26-18)15-5-3-4-14(9-15)21(22,23)24/h3-9,18H,1-2H3,(H,26,30)(H,28,29). The number of anilines is 1. The second-order valence-corrected chi connectivity index (χ2v) is 7.14. The molecule has 30 heavy (non-hydrogen) atoms. The summed E-state index contributed by atoms with van der Waals surface area (Å²) in [5.74, 6) is -1.23. The number of hydrogen-bond acceptors (Lipinski definition) is 3. The van der Waals surface area contributed by atoms with E-state index in [1.54, 1.807) is 25.1 Å². The van der Waals surface area contributed by atoms with Gasteiger partial charge in [-0.15, -0.1) is 0 Å². The van der Waals surface area contributed by atoms with Crippen molar-refractivity contribution < 1.29 is 23.1 Å². The minimum Gasteiger partial charge on any atom is -0.478 e. The monoisotopic (exact) mass is 431 g/mol. The number of alkyl halides is 3. The molecule has 0 fully saturated rings. The van der Waals surface area contributed by atoms with Crippen molar-refractivity contribution in [2.75, 3.05) is 4.90 Å². The molecule has 0 saturated carbocycles. The average molecular weight is 431 g/mol. The third-order valence-corrected chi connectivity index (χ3v) is 5.16. The summed E-state index contributed by atoms with van der Waals surface area (Å²) in [6, 6.07) is 10.6. The molecule has 2 N–H and O–H groups in total. The summed E-state index contributed by atoms with van der Waals surface area (Å²) >= 11 is 5.39. The molecule has 0 amide bonds. The second-order valence-electron chi connectivity index (χ2n) is 6.75. The van der Waals surface area contributed by atoms with Crippen LogP contribution < -0.4 is 10.2 Å². The van der Waals surface area contributed by atoms with Gasteiger partial charge in [-0.05, 0) is 67.5 Å². The summed E-state index contributed by atoms with van der Waals surface area (Å²) in [6.07, 6.45) is -4.55. The maximum Gasteiger partial charge on any atom is 0.416 e. The summed E-state index contributed by atoms with van der Waals surface area (Å²) in [5, 5.41) is 21.9. The molecule has 2 aromatic carbocycles. The number of allylic oxidation sites excluding steroid dienone is 1. The maximum atomic E-state index is 13.1. The van der Waals surface area contributed by atoms with Crippen molar-refractivity contribution in [3.63, 3.8) is 0 Å². The Morgan fingerprint density at radius 2 is 1.93 bits per heavy atom. The fraction of sp³-hybridized carbons (Fsp3) is 0.190. The molecule has 0 radical (unpaired) electrons. The van der Waals surface area contributed by atoms with Gasteiger partial charge in [-0.2, -0.15) is 18.4 Å². The molecule has 2 aromatic rings. The van der Waals surface area contributed by atoms with Gasteiger partial charge in [0.2, 0.25) is 0 Å². The topological polar surface area (TPSA) is 76.4 Å². The van der Waals surface area contributed by atoms with Crippen molar-refractivity contribution in [2.24, 2.45) is 0 Å². The van der Waals surface area contributed by atoms with E-state index in [4.69, 9.17) is 17.5 Å². The number of carbonyl (C=O) groups is 1. The fourth-order valence-corrected chi connectivity index (χ4v) is 3.81. The summed E-state index contributed by atoms with van der Waals surface area (Å²) in [7, 11) is 0. The van der Waals surface area contributed by atoms with Crippen LogP contribution in [0.3, 0.4) is 0 Å². The highest BCUT2D eigenvalue weighted by Gasteiger charge is 2.36. The SMILES string of the molecule is CC1=C(C(=O)O)C(c2ccc(C#N)cc2C)NC(=S)N1c1cccc(C(F)(F)F)c1. The first-order valence-corrected chi connectivity index (χ1v) is 9.18. The summed E-state index contributed by atoms with van der Waals surface area (Å²) < 4.78 is 39.4. The van der Waals surface area contributed by atoms with Crippen LogP contribution in [-0.2, 0) is 11.0 Å². The smallest absolute Gasteiger partial charge is 0.416 e. The molecule has 3 rings (SSSR count). The summed E-state index contributed by atoms with van der Waals surface area (Å²) in [4.78, 5) is 13.4. The number of halogens is 3. The number of thiocarbonyl (C=S) groups is 1. The molecule has 0 saturated heterocycles. The van der Waals surface area contributed by atoms with E-state index in [1.165, 1.54) is 24.0 Å². The Hall–Kier alpha value is -3.38. The molecule has 154 valence electrons. The summed E-state index contributed by atoms with van der Waals surface area (Å²) in [5.41, 5.74) is 1.13. The number of carboxylic acid groups (broad SMARTS) is 1. The molecule has 0 aromatic heterocycles. The van der Waals surface area contributed by atoms with Gasteiger partial charge in [0, 0.05) is 11.4 Å². The summed E-state index contributed by atoms with van der Waals surface area (Å²) in [6.45, 7) is 3.25. The van der Waals surface area contributed by atoms with Crippen LogP contribution >= 0.6 is 12.2 Å². The number of aryl methyl sites for hydroxylation is 1. The van der Waals surface area contributed by atoms with Crippen LogP contribution in [0, 0.1) is 18.3 Å². The second kappa shape index (κ2) is 7.80. The number of benzene rings is 2. The predicted octanol–water partition coefficient (Wildman–Crippen LogP) is 4.68. The quantitative estimate of drug-likeness (QED) is 0.688. The number of carboxylic acids is 1. The van der Waals surface area contributed by atoms with E-state index in [2.05, 4.69) is 5.32 Å². The minimum atomic E-state index is -4.55. The first-order chi connectivity index (χ1) is 14.0. The molecule has 9 heteroatoms. The molecule has 0 bridgehead atoms. The Balaban J connectivity index is 2.14. The number of nitrogens with zero attached hydrogens (tertiary/aromatic N) is 2. The molecule has 5 nitrogen and oxygen atoms in total. The van der Waals surface area contributed by atoms with Crippen LogP contribution in [0.15, 0.2) is 53.7 Å². The Morgan fingerprint density at radius 3 is 2.50 bits per heavy atom. The van der Waals surface area contributed by atoms with Crippen molar-refractivity contribution in [1.82, 2.24) is 5.32 Å². The van der Waals surface area contributed by atoms with E-state index in [0.717, 1.165) is 12.1 Å². The largest absolute Gasteiger partial charge is 0.478 e. The van der Waals surface area contributed by atoms with Crippen molar-refractivity contribution >= 4 is 29.0 Å². The lowest BCUT2D eigenvalue weighted by Crippen LogP contribution is -2.48. The van der Waals surface area contributed by atoms with Crippen LogP contribution in [-0.4, -0.2) is 16.2 Å². The first-order valence-electron chi connectivity index (χ1n) is 8.77. The number of hydrogen-bond donors (Lipinski definition) is 2. The highest BCUT2D eigenvalue weighted by atomic mass is 32.1. The van der Waals surface area contributed by atoms with Gasteiger partial charge in [0.25, 0.3) is 0 Å². The lowest BCUT2D eigenvalue weighted by Gasteiger charge is -2.37. The van der Waals surface area contributed by atoms with Crippen molar-refractivity contribution in [3.05, 3.63) is 76.0 Å². The predicted molar refractivity (Wildman–Crippen MR) is 109 cm³/mol. The zero-order valence-corrected chi connectivity index (χ0v) is 16.7. The Kier molecular flexibility index (Phi) is 5.55.